The molecule has 3 nitrogen and oxygen atoms in total. The van der Waals surface area contributed by atoms with E-state index >= 15 is 0 Å². The number of unbranched alkanes of at least 4 members (excludes halogenated alkanes) is 5. The van der Waals surface area contributed by atoms with Crippen molar-refractivity contribution in [3.05, 3.63) is 6.04 Å². The van der Waals surface area contributed by atoms with Crippen molar-refractivity contribution < 1.29 is 13.3 Å². The molecule has 0 N–H and O–H groups in total. The summed E-state index contributed by atoms with van der Waals surface area (Å²) in [5.41, 5.74) is 0. The Hall–Kier alpha value is 0.0969. The van der Waals surface area contributed by atoms with Crippen LogP contribution in [0.2, 0.25) is 0 Å². The molecule has 0 fully saturated rings. The highest BCUT2D eigenvalue weighted by Gasteiger charge is 2.37. The second-order valence-electron chi connectivity index (χ2n) is 3.62. The molecule has 0 aliphatic rings. The van der Waals surface area contributed by atoms with Crippen molar-refractivity contribution in [2.24, 2.45) is 0 Å². The quantitative estimate of drug-likeness (QED) is 0.429. The molecular formula is C11H25O3Si. The van der Waals surface area contributed by atoms with E-state index in [0.717, 1.165) is 6.42 Å². The first-order valence-electron chi connectivity index (χ1n) is 5.74. The van der Waals surface area contributed by atoms with Crippen LogP contribution in [0.15, 0.2) is 0 Å². The Kier molecular flexibility index (Phi) is 9.39. The second kappa shape index (κ2) is 9.33. The molecule has 0 aromatic rings. The molecule has 0 rings (SSSR count). The maximum Gasteiger partial charge on any atom is 0.503 e. The highest BCUT2D eigenvalue weighted by atomic mass is 28.4. The first-order valence-corrected chi connectivity index (χ1v) is 7.54. The fourth-order valence-electron chi connectivity index (χ4n) is 1.53. The summed E-state index contributed by atoms with van der Waals surface area (Å²) in [5, 5.41) is 0. The van der Waals surface area contributed by atoms with Crippen molar-refractivity contribution in [2.75, 3.05) is 21.3 Å². The van der Waals surface area contributed by atoms with E-state index in [4.69, 9.17) is 13.3 Å². The zero-order chi connectivity index (χ0) is 11.6. The van der Waals surface area contributed by atoms with Gasteiger partial charge in [0, 0.05) is 27.4 Å². The van der Waals surface area contributed by atoms with Gasteiger partial charge in [0.15, 0.2) is 0 Å². The summed E-state index contributed by atoms with van der Waals surface area (Å²) in [6, 6.07) is 2.08. The molecule has 1 radical (unpaired) electrons. The van der Waals surface area contributed by atoms with Crippen molar-refractivity contribution in [1.82, 2.24) is 0 Å². The predicted octanol–water partition coefficient (Wildman–Crippen LogP) is 2.97. The average molecular weight is 233 g/mol. The van der Waals surface area contributed by atoms with Gasteiger partial charge in [-0.3, -0.25) is 0 Å². The minimum atomic E-state index is -2.41. The lowest BCUT2D eigenvalue weighted by atomic mass is 10.1. The molecule has 0 saturated heterocycles. The van der Waals surface area contributed by atoms with E-state index in [9.17, 15) is 0 Å². The summed E-state index contributed by atoms with van der Waals surface area (Å²) in [5.74, 6) is 0. The van der Waals surface area contributed by atoms with Crippen molar-refractivity contribution in [3.8, 4) is 0 Å². The van der Waals surface area contributed by atoms with E-state index in [0.29, 0.717) is 0 Å². The van der Waals surface area contributed by atoms with E-state index in [2.05, 4.69) is 13.0 Å². The van der Waals surface area contributed by atoms with Gasteiger partial charge in [0.25, 0.3) is 0 Å². The molecule has 0 saturated carbocycles. The van der Waals surface area contributed by atoms with E-state index in [1.165, 1.54) is 32.1 Å². The molecule has 0 unspecified atom stereocenters. The van der Waals surface area contributed by atoms with Crippen LogP contribution in [0.5, 0.6) is 0 Å². The fourth-order valence-corrected chi connectivity index (χ4v) is 3.08. The van der Waals surface area contributed by atoms with Gasteiger partial charge in [-0.2, -0.15) is 0 Å². The van der Waals surface area contributed by atoms with Crippen molar-refractivity contribution in [3.63, 3.8) is 0 Å². The first kappa shape index (κ1) is 15.1. The van der Waals surface area contributed by atoms with Crippen molar-refractivity contribution >= 4 is 8.80 Å². The van der Waals surface area contributed by atoms with Crippen LogP contribution in [-0.4, -0.2) is 30.1 Å². The highest BCUT2D eigenvalue weighted by molar-refractivity contribution is 6.64. The molecule has 0 aliphatic carbocycles. The monoisotopic (exact) mass is 233 g/mol. The average Bonchev–Trinajstić information content (AvgIpc) is 2.29. The van der Waals surface area contributed by atoms with Gasteiger partial charge in [0.2, 0.25) is 0 Å². The van der Waals surface area contributed by atoms with Crippen LogP contribution >= 0.6 is 0 Å². The molecule has 15 heavy (non-hydrogen) atoms. The molecule has 0 aromatic heterocycles. The third-order valence-electron chi connectivity index (χ3n) is 2.56. The van der Waals surface area contributed by atoms with Crippen molar-refractivity contribution in [1.29, 1.82) is 0 Å². The standard InChI is InChI=1S/C11H25O3Si/c1-5-6-7-8-9-10-11-15(12-2,13-3)14-4/h11H,5-10H2,1-4H3. The van der Waals surface area contributed by atoms with E-state index < -0.39 is 8.80 Å². The Bertz CT molecular complexity index is 130. The lowest BCUT2D eigenvalue weighted by molar-refractivity contribution is 0.132. The Balaban J connectivity index is 3.54. The largest absolute Gasteiger partial charge is 0.503 e. The van der Waals surface area contributed by atoms with Crippen LogP contribution in [0, 0.1) is 6.04 Å². The third-order valence-corrected chi connectivity index (χ3v) is 5.05. The zero-order valence-corrected chi connectivity index (χ0v) is 11.5. The van der Waals surface area contributed by atoms with E-state index in [1.807, 2.05) is 0 Å². The summed E-state index contributed by atoms with van der Waals surface area (Å²) >= 11 is 0. The maximum absolute atomic E-state index is 5.30. The smallest absolute Gasteiger partial charge is 0.377 e. The minimum Gasteiger partial charge on any atom is -0.377 e. The van der Waals surface area contributed by atoms with Crippen LogP contribution in [0.3, 0.4) is 0 Å². The Morgan fingerprint density at radius 2 is 1.40 bits per heavy atom. The zero-order valence-electron chi connectivity index (χ0n) is 10.5. The van der Waals surface area contributed by atoms with Crippen molar-refractivity contribution in [2.45, 2.75) is 45.4 Å². The SMILES string of the molecule is CCCCCCC[CH][Si](OC)(OC)OC. The van der Waals surface area contributed by atoms with Crippen LogP contribution < -0.4 is 0 Å². The van der Waals surface area contributed by atoms with Gasteiger partial charge in [0.1, 0.15) is 0 Å². The van der Waals surface area contributed by atoms with E-state index in [-0.39, 0.29) is 0 Å². The normalized spacial score (nSPS) is 12.0. The molecule has 0 amide bonds. The molecule has 0 atom stereocenters. The lowest BCUT2D eigenvalue weighted by Gasteiger charge is -2.23. The van der Waals surface area contributed by atoms with Crippen LogP contribution in [0.1, 0.15) is 45.4 Å². The van der Waals surface area contributed by atoms with Gasteiger partial charge < -0.3 is 13.3 Å². The number of hydrogen-bond donors (Lipinski definition) is 0. The van der Waals surface area contributed by atoms with Gasteiger partial charge >= 0.3 is 8.80 Å². The topological polar surface area (TPSA) is 27.7 Å². The summed E-state index contributed by atoms with van der Waals surface area (Å²) < 4.78 is 15.9. The second-order valence-corrected chi connectivity index (χ2v) is 6.46. The molecule has 0 aliphatic heterocycles. The first-order chi connectivity index (χ1) is 7.24. The summed E-state index contributed by atoms with van der Waals surface area (Å²) in [7, 11) is 2.53. The maximum atomic E-state index is 5.30. The van der Waals surface area contributed by atoms with Gasteiger partial charge in [-0.15, -0.1) is 0 Å². The van der Waals surface area contributed by atoms with Crippen LogP contribution in [-0.2, 0) is 13.3 Å². The molecule has 0 spiro atoms. The molecular weight excluding hydrogens is 208 g/mol. The van der Waals surface area contributed by atoms with Gasteiger partial charge in [0.05, 0.1) is 0 Å². The van der Waals surface area contributed by atoms with Crippen LogP contribution in [0.25, 0.3) is 0 Å². The van der Waals surface area contributed by atoms with E-state index in [1.54, 1.807) is 21.3 Å². The number of hydrogen-bond acceptors (Lipinski definition) is 3. The Morgan fingerprint density at radius 3 is 1.87 bits per heavy atom. The third kappa shape index (κ3) is 6.30. The lowest BCUT2D eigenvalue weighted by Crippen LogP contribution is -2.43. The minimum absolute atomic E-state index is 1.02. The van der Waals surface area contributed by atoms with Crippen LogP contribution in [0.4, 0.5) is 0 Å². The predicted molar refractivity (Wildman–Crippen MR) is 64.5 cm³/mol. The summed E-state index contributed by atoms with van der Waals surface area (Å²) in [4.78, 5) is 0. The molecule has 0 heterocycles. The summed E-state index contributed by atoms with van der Waals surface area (Å²) in [6.45, 7) is 2.23. The highest BCUT2D eigenvalue weighted by Crippen LogP contribution is 2.15. The van der Waals surface area contributed by atoms with Gasteiger partial charge in [-0.1, -0.05) is 39.0 Å². The number of rotatable bonds is 10. The fraction of sp³-hybridized carbons (Fsp3) is 0.909. The van der Waals surface area contributed by atoms with Gasteiger partial charge in [-0.05, 0) is 6.42 Å². The summed E-state index contributed by atoms with van der Waals surface area (Å²) in [6.07, 6.45) is 7.45. The Labute approximate surface area is 95.5 Å². The molecule has 4 heteroatoms. The Morgan fingerprint density at radius 1 is 0.867 bits per heavy atom. The molecule has 0 bridgehead atoms. The molecule has 91 valence electrons. The van der Waals surface area contributed by atoms with Gasteiger partial charge in [-0.25, -0.2) is 0 Å². The molecule has 0 aromatic carbocycles.